The quantitative estimate of drug-likeness (QED) is 0.323. The van der Waals surface area contributed by atoms with Crippen molar-refractivity contribution in [3.05, 3.63) is 87.6 Å². The van der Waals surface area contributed by atoms with Crippen molar-refractivity contribution in [3.8, 4) is 17.6 Å². The van der Waals surface area contributed by atoms with E-state index in [4.69, 9.17) is 9.47 Å². The Bertz CT molecular complexity index is 1200. The first-order valence-electron chi connectivity index (χ1n) is 9.65. The Balaban J connectivity index is 1.79. The van der Waals surface area contributed by atoms with Crippen LogP contribution in [-0.4, -0.2) is 19.6 Å². The van der Waals surface area contributed by atoms with Gasteiger partial charge in [0, 0.05) is 11.3 Å². The summed E-state index contributed by atoms with van der Waals surface area (Å²) in [4.78, 5) is 12.2. The van der Waals surface area contributed by atoms with Gasteiger partial charge in [0.25, 0.3) is 5.91 Å². The molecule has 0 atom stereocenters. The summed E-state index contributed by atoms with van der Waals surface area (Å²) in [5, 5.41) is 12.3. The van der Waals surface area contributed by atoms with E-state index in [0.717, 1.165) is 5.56 Å². The zero-order chi connectivity index (χ0) is 23.1. The lowest BCUT2D eigenvalue weighted by molar-refractivity contribution is -0.118. The number of aryl methyl sites for hydroxylation is 1. The number of ether oxygens (including phenoxy) is 2. The number of amides is 1. The van der Waals surface area contributed by atoms with Gasteiger partial charge in [0.2, 0.25) is 0 Å². The molecule has 0 radical (unpaired) electrons. The van der Waals surface area contributed by atoms with Gasteiger partial charge in [0.1, 0.15) is 5.82 Å². The number of carbonyl (C=O) groups excluding carboxylic acids is 1. The molecule has 1 amide bonds. The van der Waals surface area contributed by atoms with E-state index >= 15 is 0 Å². The molecule has 0 spiro atoms. The summed E-state index contributed by atoms with van der Waals surface area (Å²) < 4.78 is 25.7. The average molecular weight is 495 g/mol. The van der Waals surface area contributed by atoms with Crippen molar-refractivity contribution in [2.75, 3.05) is 19.0 Å². The highest BCUT2D eigenvalue weighted by Crippen LogP contribution is 2.37. The van der Waals surface area contributed by atoms with E-state index in [2.05, 4.69) is 21.2 Å². The molecule has 0 saturated heterocycles. The Kier molecular flexibility index (Phi) is 7.63. The molecule has 0 fully saturated rings. The fourth-order valence-electron chi connectivity index (χ4n) is 2.95. The number of methoxy groups -OCH3 is 1. The zero-order valence-electron chi connectivity index (χ0n) is 17.5. The number of hydrogen-bond donors (Lipinski definition) is 1. The lowest BCUT2D eigenvalue weighted by Crippen LogP contribution is -2.20. The van der Waals surface area contributed by atoms with Crippen molar-refractivity contribution < 1.29 is 18.7 Å². The minimum atomic E-state index is -0.481. The number of halogens is 2. The lowest BCUT2D eigenvalue weighted by Gasteiger charge is -2.14. The van der Waals surface area contributed by atoms with Gasteiger partial charge in [-0.15, -0.1) is 0 Å². The zero-order valence-corrected chi connectivity index (χ0v) is 19.1. The number of nitrogens with zero attached hydrogens (tertiary/aromatic N) is 1. The molecule has 7 heteroatoms. The van der Waals surface area contributed by atoms with Crippen molar-refractivity contribution in [2.45, 2.75) is 6.92 Å². The van der Waals surface area contributed by atoms with E-state index in [9.17, 15) is 14.4 Å². The van der Waals surface area contributed by atoms with Crippen LogP contribution in [0, 0.1) is 24.1 Å². The van der Waals surface area contributed by atoms with Crippen LogP contribution in [0.2, 0.25) is 0 Å². The first kappa shape index (κ1) is 23.0. The topological polar surface area (TPSA) is 71.3 Å². The summed E-state index contributed by atoms with van der Waals surface area (Å²) in [7, 11) is 1.47. The minimum absolute atomic E-state index is 0.170. The highest BCUT2D eigenvalue weighted by Gasteiger charge is 2.15. The molecule has 3 aromatic rings. The van der Waals surface area contributed by atoms with Crippen LogP contribution in [0.25, 0.3) is 11.6 Å². The van der Waals surface area contributed by atoms with Gasteiger partial charge in [-0.05, 0) is 64.8 Å². The van der Waals surface area contributed by atoms with Crippen molar-refractivity contribution in [3.63, 3.8) is 0 Å². The maximum Gasteiger partial charge on any atom is 0.262 e. The van der Waals surface area contributed by atoms with E-state index in [1.54, 1.807) is 36.4 Å². The molecule has 3 rings (SSSR count). The Morgan fingerprint density at radius 2 is 1.91 bits per heavy atom. The summed E-state index contributed by atoms with van der Waals surface area (Å²) in [5.74, 6) is -0.100. The molecule has 0 aromatic heterocycles. The standard InChI is InChI=1S/C25H20BrFN2O3/c1-16-7-9-19(10-8-16)29-24(30)15-32-25-21(26)12-17(13-23(25)31-2)11-18(14-28)20-5-3-4-6-22(20)27/h3-13H,15H2,1-2H3,(H,29,30). The number of hydrogen-bond acceptors (Lipinski definition) is 4. The van der Waals surface area contributed by atoms with E-state index in [-0.39, 0.29) is 23.7 Å². The van der Waals surface area contributed by atoms with Gasteiger partial charge >= 0.3 is 0 Å². The van der Waals surface area contributed by atoms with Gasteiger partial charge in [-0.2, -0.15) is 5.26 Å². The molecule has 5 nitrogen and oxygen atoms in total. The molecule has 0 aliphatic heterocycles. The van der Waals surface area contributed by atoms with Crippen LogP contribution < -0.4 is 14.8 Å². The predicted molar refractivity (Wildman–Crippen MR) is 126 cm³/mol. The van der Waals surface area contributed by atoms with Crippen LogP contribution in [0.15, 0.2) is 65.1 Å². The highest BCUT2D eigenvalue weighted by molar-refractivity contribution is 9.10. The second-order valence-corrected chi connectivity index (χ2v) is 7.74. The lowest BCUT2D eigenvalue weighted by atomic mass is 10.0. The smallest absolute Gasteiger partial charge is 0.262 e. The van der Waals surface area contributed by atoms with Crippen LogP contribution in [0.5, 0.6) is 11.5 Å². The number of nitrogens with one attached hydrogen (secondary N) is 1. The van der Waals surface area contributed by atoms with Gasteiger partial charge in [0.15, 0.2) is 18.1 Å². The third kappa shape index (κ3) is 5.74. The molecule has 1 N–H and O–H groups in total. The highest BCUT2D eigenvalue weighted by atomic mass is 79.9. The third-order valence-electron chi connectivity index (χ3n) is 4.53. The molecule has 0 bridgehead atoms. The van der Waals surface area contributed by atoms with Gasteiger partial charge in [-0.25, -0.2) is 4.39 Å². The Hall–Kier alpha value is -3.63. The van der Waals surface area contributed by atoms with E-state index in [1.165, 1.54) is 13.2 Å². The number of rotatable bonds is 7. The van der Waals surface area contributed by atoms with Crippen LogP contribution in [0.1, 0.15) is 16.7 Å². The molecule has 0 heterocycles. The summed E-state index contributed by atoms with van der Waals surface area (Å²) in [6, 6.07) is 18.9. The normalized spacial score (nSPS) is 10.9. The Morgan fingerprint density at radius 1 is 1.19 bits per heavy atom. The number of carbonyl (C=O) groups is 1. The van der Waals surface area contributed by atoms with E-state index in [1.807, 2.05) is 37.3 Å². The molecule has 0 aliphatic rings. The largest absolute Gasteiger partial charge is 0.493 e. The van der Waals surface area contributed by atoms with Gasteiger partial charge in [-0.1, -0.05) is 35.9 Å². The average Bonchev–Trinajstić information content (AvgIpc) is 2.78. The van der Waals surface area contributed by atoms with Gasteiger partial charge in [0.05, 0.1) is 23.2 Å². The van der Waals surface area contributed by atoms with Crippen LogP contribution >= 0.6 is 15.9 Å². The fourth-order valence-corrected chi connectivity index (χ4v) is 3.53. The minimum Gasteiger partial charge on any atom is -0.493 e. The van der Waals surface area contributed by atoms with Crippen LogP contribution in [0.4, 0.5) is 10.1 Å². The maximum atomic E-state index is 14.1. The summed E-state index contributed by atoms with van der Waals surface area (Å²) in [6.45, 7) is 1.74. The van der Waals surface area contributed by atoms with E-state index in [0.29, 0.717) is 27.2 Å². The van der Waals surface area contributed by atoms with Gasteiger partial charge in [-0.3, -0.25) is 4.79 Å². The summed E-state index contributed by atoms with van der Waals surface area (Å²) in [5.41, 5.74) is 2.75. The Labute approximate surface area is 194 Å². The summed E-state index contributed by atoms with van der Waals surface area (Å²) in [6.07, 6.45) is 1.56. The first-order chi connectivity index (χ1) is 15.4. The fraction of sp³-hybridized carbons (Fsp3) is 0.120. The molecular formula is C25H20BrFN2O3. The Morgan fingerprint density at radius 3 is 2.56 bits per heavy atom. The molecule has 3 aromatic carbocycles. The second-order valence-electron chi connectivity index (χ2n) is 6.89. The molecule has 0 saturated carbocycles. The van der Waals surface area contributed by atoms with Crippen molar-refractivity contribution in [1.29, 1.82) is 5.26 Å². The SMILES string of the molecule is COc1cc(C=C(C#N)c2ccccc2F)cc(Br)c1OCC(=O)Nc1ccc(C)cc1. The van der Waals surface area contributed by atoms with E-state index < -0.39 is 5.82 Å². The van der Waals surface area contributed by atoms with Crippen LogP contribution in [-0.2, 0) is 4.79 Å². The van der Waals surface area contributed by atoms with Crippen molar-refractivity contribution in [2.24, 2.45) is 0 Å². The number of benzene rings is 3. The monoisotopic (exact) mass is 494 g/mol. The first-order valence-corrected chi connectivity index (χ1v) is 10.4. The molecule has 0 unspecified atom stereocenters. The van der Waals surface area contributed by atoms with Gasteiger partial charge < -0.3 is 14.8 Å². The maximum absolute atomic E-state index is 14.1. The second kappa shape index (κ2) is 10.6. The molecule has 32 heavy (non-hydrogen) atoms. The van der Waals surface area contributed by atoms with Crippen molar-refractivity contribution >= 4 is 39.2 Å². The molecule has 0 aliphatic carbocycles. The van der Waals surface area contributed by atoms with Crippen molar-refractivity contribution in [1.82, 2.24) is 0 Å². The number of anilines is 1. The molecule has 162 valence electrons. The molecular weight excluding hydrogens is 475 g/mol. The summed E-state index contributed by atoms with van der Waals surface area (Å²) >= 11 is 3.42. The van der Waals surface area contributed by atoms with Crippen LogP contribution in [0.3, 0.4) is 0 Å². The number of nitriles is 1. The third-order valence-corrected chi connectivity index (χ3v) is 5.12. The predicted octanol–water partition coefficient (Wildman–Crippen LogP) is 5.99. The number of allylic oxidation sites excluding steroid dienone is 1.